The second kappa shape index (κ2) is 10.8. The Morgan fingerprint density at radius 1 is 0.865 bits per heavy atom. The first kappa shape index (κ1) is 25.0. The van der Waals surface area contributed by atoms with Crippen LogP contribution in [0.2, 0.25) is 10.0 Å². The summed E-state index contributed by atoms with van der Waals surface area (Å²) >= 11 is 11.8. The predicted octanol–water partition coefficient (Wildman–Crippen LogP) is 5.68. The normalized spacial score (nSPS) is 19.0. The maximum Gasteiger partial charge on any atom is 0.338 e. The number of pyridine rings is 1. The summed E-state index contributed by atoms with van der Waals surface area (Å²) in [5.41, 5.74) is 0.400. The molecule has 0 saturated carbocycles. The number of hydrogen-bond acceptors (Lipinski definition) is 6. The van der Waals surface area contributed by atoms with E-state index in [1.807, 2.05) is 18.2 Å². The fraction of sp³-hybridized carbons (Fsp3) is 0.179. The number of nitrogens with zero attached hydrogens (tertiary/aromatic N) is 1. The molecule has 0 spiro atoms. The number of carbonyl (C=O) groups excluding carboxylic acids is 2. The summed E-state index contributed by atoms with van der Waals surface area (Å²) in [6, 6.07) is 21.6. The summed E-state index contributed by atoms with van der Waals surface area (Å²) in [6.45, 7) is -0.182. The van der Waals surface area contributed by atoms with Gasteiger partial charge in [-0.3, -0.25) is 9.36 Å². The van der Waals surface area contributed by atoms with E-state index in [2.05, 4.69) is 0 Å². The molecule has 0 aliphatic carbocycles. The number of ether oxygens (including phenoxy) is 3. The van der Waals surface area contributed by atoms with E-state index in [1.165, 1.54) is 4.57 Å². The zero-order valence-electron chi connectivity index (χ0n) is 19.4. The molecule has 0 N–H and O–H groups in total. The van der Waals surface area contributed by atoms with Gasteiger partial charge in [-0.2, -0.15) is 0 Å². The molecule has 0 unspecified atom stereocenters. The number of halogens is 2. The molecule has 3 aromatic carbocycles. The standard InChI is InChI=1S/C28H21Cl2NO6/c29-20-9-5-18(6-10-20)27(33)35-16-24-23(37-28(34)19-7-11-21(30)12-8-19)15-25(36-24)31-14-13-17-3-1-2-4-22(17)26(31)32/h1-14,23-25H,15-16H2/t23-,24+,25-/m0/s1. The molecule has 4 aromatic rings. The minimum atomic E-state index is -0.795. The van der Waals surface area contributed by atoms with Crippen molar-refractivity contribution in [2.24, 2.45) is 0 Å². The topological polar surface area (TPSA) is 83.8 Å². The van der Waals surface area contributed by atoms with E-state index in [0.29, 0.717) is 26.6 Å². The second-order valence-electron chi connectivity index (χ2n) is 8.54. The number of esters is 2. The first-order valence-corrected chi connectivity index (χ1v) is 12.3. The van der Waals surface area contributed by atoms with Crippen LogP contribution in [0, 0.1) is 0 Å². The van der Waals surface area contributed by atoms with Crippen molar-refractivity contribution in [2.75, 3.05) is 6.61 Å². The van der Waals surface area contributed by atoms with E-state index >= 15 is 0 Å². The molecule has 0 bridgehead atoms. The minimum absolute atomic E-state index is 0.182. The summed E-state index contributed by atoms with van der Waals surface area (Å²) in [7, 11) is 0. The SMILES string of the molecule is O=C(OC[C@H]1O[C@H](n2ccc3ccccc3c2=O)C[C@@H]1OC(=O)c1ccc(Cl)cc1)c1ccc(Cl)cc1. The van der Waals surface area contributed by atoms with Gasteiger partial charge in [-0.15, -0.1) is 0 Å². The van der Waals surface area contributed by atoms with Crippen molar-refractivity contribution < 1.29 is 23.8 Å². The largest absolute Gasteiger partial charge is 0.459 e. The fourth-order valence-corrected chi connectivity index (χ4v) is 4.45. The second-order valence-corrected chi connectivity index (χ2v) is 9.41. The van der Waals surface area contributed by atoms with Gasteiger partial charge in [-0.25, -0.2) is 9.59 Å². The van der Waals surface area contributed by atoms with Crippen molar-refractivity contribution in [3.8, 4) is 0 Å². The van der Waals surface area contributed by atoms with Crippen LogP contribution < -0.4 is 5.56 Å². The number of hydrogen-bond donors (Lipinski definition) is 0. The highest BCUT2D eigenvalue weighted by Crippen LogP contribution is 2.31. The molecule has 3 atom stereocenters. The number of fused-ring (bicyclic) bond motifs is 1. The Bertz CT molecular complexity index is 1500. The Hall–Kier alpha value is -3.65. The Kier molecular flexibility index (Phi) is 7.28. The van der Waals surface area contributed by atoms with Gasteiger partial charge in [0.2, 0.25) is 0 Å². The summed E-state index contributed by atoms with van der Waals surface area (Å²) in [6.07, 6.45) is -0.448. The fourth-order valence-electron chi connectivity index (χ4n) is 4.20. The van der Waals surface area contributed by atoms with Crippen molar-refractivity contribution in [1.29, 1.82) is 0 Å². The number of carbonyl (C=O) groups is 2. The molecule has 1 aliphatic heterocycles. The number of rotatable bonds is 6. The van der Waals surface area contributed by atoms with Gasteiger partial charge in [-0.1, -0.05) is 41.4 Å². The summed E-state index contributed by atoms with van der Waals surface area (Å²) in [5, 5.41) is 2.33. The third kappa shape index (κ3) is 5.54. The van der Waals surface area contributed by atoms with Crippen molar-refractivity contribution in [3.63, 3.8) is 0 Å². The highest BCUT2D eigenvalue weighted by molar-refractivity contribution is 6.31. The van der Waals surface area contributed by atoms with E-state index in [0.717, 1.165) is 5.39 Å². The molecule has 7 nitrogen and oxygen atoms in total. The molecule has 1 aliphatic rings. The number of aromatic nitrogens is 1. The van der Waals surface area contributed by atoms with Gasteiger partial charge in [0.15, 0.2) is 0 Å². The molecule has 37 heavy (non-hydrogen) atoms. The average molecular weight is 538 g/mol. The van der Waals surface area contributed by atoms with E-state index in [1.54, 1.807) is 66.9 Å². The molecule has 1 aromatic heterocycles. The van der Waals surface area contributed by atoms with Crippen molar-refractivity contribution in [3.05, 3.63) is 117 Å². The summed E-state index contributed by atoms with van der Waals surface area (Å²) in [4.78, 5) is 38.5. The van der Waals surface area contributed by atoms with Crippen molar-refractivity contribution >= 4 is 45.9 Å². The van der Waals surface area contributed by atoms with E-state index in [-0.39, 0.29) is 18.6 Å². The minimum Gasteiger partial charge on any atom is -0.459 e. The molecule has 1 saturated heterocycles. The van der Waals surface area contributed by atoms with Crippen LogP contribution in [-0.2, 0) is 14.2 Å². The molecule has 1 fully saturated rings. The summed E-state index contributed by atoms with van der Waals surface area (Å²) < 4.78 is 18.8. The van der Waals surface area contributed by atoms with E-state index < -0.39 is 30.4 Å². The van der Waals surface area contributed by atoms with Crippen LogP contribution >= 0.6 is 23.2 Å². The monoisotopic (exact) mass is 537 g/mol. The van der Waals surface area contributed by atoms with E-state index in [9.17, 15) is 14.4 Å². The molecular weight excluding hydrogens is 517 g/mol. The lowest BCUT2D eigenvalue weighted by Crippen LogP contribution is -2.32. The highest BCUT2D eigenvalue weighted by Gasteiger charge is 2.40. The molecule has 0 radical (unpaired) electrons. The van der Waals surface area contributed by atoms with Crippen LogP contribution in [0.15, 0.2) is 89.9 Å². The molecular formula is C28H21Cl2NO6. The van der Waals surface area contributed by atoms with Crippen LogP contribution in [0.4, 0.5) is 0 Å². The Labute approximate surface area is 222 Å². The predicted molar refractivity (Wildman–Crippen MR) is 139 cm³/mol. The first-order valence-electron chi connectivity index (χ1n) is 11.5. The first-order chi connectivity index (χ1) is 17.9. The zero-order valence-corrected chi connectivity index (χ0v) is 20.9. The quantitative estimate of drug-likeness (QED) is 0.294. The van der Waals surface area contributed by atoms with Crippen LogP contribution in [0.25, 0.3) is 10.8 Å². The summed E-state index contributed by atoms with van der Waals surface area (Å²) in [5.74, 6) is -1.15. The molecule has 5 rings (SSSR count). The van der Waals surface area contributed by atoms with Gasteiger partial charge in [0.1, 0.15) is 25.0 Å². The van der Waals surface area contributed by atoms with Crippen LogP contribution in [0.5, 0.6) is 0 Å². The lowest BCUT2D eigenvalue weighted by molar-refractivity contribution is -0.0578. The maximum atomic E-state index is 13.1. The smallest absolute Gasteiger partial charge is 0.338 e. The van der Waals surface area contributed by atoms with E-state index in [4.69, 9.17) is 37.4 Å². The Balaban J connectivity index is 1.37. The lowest BCUT2D eigenvalue weighted by atomic mass is 10.1. The van der Waals surface area contributed by atoms with Crippen LogP contribution in [-0.4, -0.2) is 35.3 Å². The van der Waals surface area contributed by atoms with Gasteiger partial charge < -0.3 is 14.2 Å². The van der Waals surface area contributed by atoms with Gasteiger partial charge in [0.05, 0.1) is 11.1 Å². The molecule has 2 heterocycles. The third-order valence-electron chi connectivity index (χ3n) is 6.13. The maximum absolute atomic E-state index is 13.1. The van der Waals surface area contributed by atoms with Crippen molar-refractivity contribution in [2.45, 2.75) is 24.9 Å². The molecule has 0 amide bonds. The number of benzene rings is 3. The zero-order chi connectivity index (χ0) is 25.9. The lowest BCUT2D eigenvalue weighted by Gasteiger charge is -2.19. The third-order valence-corrected chi connectivity index (χ3v) is 6.63. The molecule has 188 valence electrons. The van der Waals surface area contributed by atoms with Crippen LogP contribution in [0.1, 0.15) is 33.4 Å². The van der Waals surface area contributed by atoms with Gasteiger partial charge in [0, 0.05) is 28.0 Å². The Morgan fingerprint density at radius 2 is 1.49 bits per heavy atom. The van der Waals surface area contributed by atoms with Crippen molar-refractivity contribution in [1.82, 2.24) is 4.57 Å². The van der Waals surface area contributed by atoms with Gasteiger partial charge >= 0.3 is 11.9 Å². The van der Waals surface area contributed by atoms with Crippen LogP contribution in [0.3, 0.4) is 0 Å². The van der Waals surface area contributed by atoms with Gasteiger partial charge in [-0.05, 0) is 66.0 Å². The van der Waals surface area contributed by atoms with Gasteiger partial charge in [0.25, 0.3) is 5.56 Å². The average Bonchev–Trinajstić information content (AvgIpc) is 3.30. The molecule has 9 heteroatoms. The Morgan fingerprint density at radius 3 is 2.16 bits per heavy atom. The highest BCUT2D eigenvalue weighted by atomic mass is 35.5.